The van der Waals surface area contributed by atoms with Crippen LogP contribution in [0, 0.1) is 5.92 Å². The van der Waals surface area contributed by atoms with E-state index in [1.807, 2.05) is 11.8 Å². The van der Waals surface area contributed by atoms with E-state index in [1.54, 1.807) is 13.8 Å². The van der Waals surface area contributed by atoms with E-state index in [-0.39, 0.29) is 23.9 Å². The van der Waals surface area contributed by atoms with Crippen LogP contribution in [0.4, 0.5) is 0 Å². The molecule has 0 aliphatic carbocycles. The van der Waals surface area contributed by atoms with Crippen LogP contribution < -0.4 is 5.32 Å². The molecule has 4 fully saturated rings. The third-order valence-electron chi connectivity index (χ3n) is 4.98. The summed E-state index contributed by atoms with van der Waals surface area (Å²) in [4.78, 5) is 29.1. The lowest BCUT2D eigenvalue weighted by molar-refractivity contribution is -0.160. The van der Waals surface area contributed by atoms with E-state index >= 15 is 0 Å². The highest BCUT2D eigenvalue weighted by molar-refractivity contribution is 5.99. The van der Waals surface area contributed by atoms with E-state index < -0.39 is 5.54 Å². The maximum absolute atomic E-state index is 12.7. The molecule has 4 aliphatic rings. The van der Waals surface area contributed by atoms with Crippen molar-refractivity contribution in [1.29, 1.82) is 0 Å². The highest BCUT2D eigenvalue weighted by atomic mass is 16.2. The van der Waals surface area contributed by atoms with Crippen molar-refractivity contribution >= 4 is 11.8 Å². The summed E-state index contributed by atoms with van der Waals surface area (Å²) in [6, 6.07) is -0.124. The van der Waals surface area contributed by atoms with Gasteiger partial charge in [-0.3, -0.25) is 9.59 Å². The Bertz CT molecular complexity index is 413. The molecule has 0 saturated carbocycles. The molecule has 5 heteroatoms. The van der Waals surface area contributed by atoms with Gasteiger partial charge in [0.05, 0.1) is 0 Å². The summed E-state index contributed by atoms with van der Waals surface area (Å²) in [5.74, 6) is 0.609. The number of carbonyl (C=O) groups excluding carboxylic acids is 2. The molecule has 19 heavy (non-hydrogen) atoms. The zero-order valence-corrected chi connectivity index (χ0v) is 12.0. The fourth-order valence-electron chi connectivity index (χ4n) is 3.78. The molecule has 0 aromatic carbocycles. The molecule has 4 aliphatic heterocycles. The number of nitrogens with zero attached hydrogens (tertiary/aromatic N) is 2. The zero-order chi connectivity index (χ0) is 13.8. The van der Waals surface area contributed by atoms with Gasteiger partial charge in [0.2, 0.25) is 11.8 Å². The van der Waals surface area contributed by atoms with Crippen molar-refractivity contribution in [2.24, 2.45) is 5.92 Å². The van der Waals surface area contributed by atoms with Crippen molar-refractivity contribution in [3.8, 4) is 0 Å². The van der Waals surface area contributed by atoms with Crippen molar-refractivity contribution in [2.45, 2.75) is 51.2 Å². The fourth-order valence-corrected chi connectivity index (χ4v) is 3.78. The lowest BCUT2D eigenvalue weighted by Gasteiger charge is -2.53. The van der Waals surface area contributed by atoms with Gasteiger partial charge in [-0.05, 0) is 52.6 Å². The van der Waals surface area contributed by atoms with Gasteiger partial charge < -0.3 is 15.1 Å². The van der Waals surface area contributed by atoms with Crippen LogP contribution in [0.15, 0.2) is 0 Å². The molecule has 0 spiro atoms. The summed E-state index contributed by atoms with van der Waals surface area (Å²) in [7, 11) is 0. The minimum Gasteiger partial charge on any atom is -0.340 e. The average Bonchev–Trinajstić information content (AvgIpc) is 2.38. The van der Waals surface area contributed by atoms with Gasteiger partial charge in [-0.15, -0.1) is 0 Å². The zero-order valence-electron chi connectivity index (χ0n) is 12.0. The van der Waals surface area contributed by atoms with E-state index in [0.717, 1.165) is 32.5 Å². The van der Waals surface area contributed by atoms with Gasteiger partial charge in [0.1, 0.15) is 11.6 Å². The van der Waals surface area contributed by atoms with Crippen LogP contribution >= 0.6 is 0 Å². The molecule has 0 aromatic heterocycles. The fraction of sp³-hybridized carbons (Fsp3) is 0.857. The molecule has 1 N–H and O–H groups in total. The summed E-state index contributed by atoms with van der Waals surface area (Å²) in [5, 5.41) is 2.82. The molecule has 2 unspecified atom stereocenters. The molecular weight excluding hydrogens is 242 g/mol. The average molecular weight is 265 g/mol. The van der Waals surface area contributed by atoms with Crippen molar-refractivity contribution < 1.29 is 9.59 Å². The number of rotatable bonds is 1. The molecule has 5 nitrogen and oxygen atoms in total. The number of hydrogen-bond donors (Lipinski definition) is 1. The molecule has 0 aromatic rings. The third kappa shape index (κ3) is 1.95. The van der Waals surface area contributed by atoms with Crippen molar-refractivity contribution in [3.05, 3.63) is 0 Å². The van der Waals surface area contributed by atoms with Gasteiger partial charge in [-0.25, -0.2) is 0 Å². The Morgan fingerprint density at radius 2 is 1.84 bits per heavy atom. The number of piperazine rings is 1. The maximum atomic E-state index is 12.7. The molecule has 2 amide bonds. The van der Waals surface area contributed by atoms with Crippen LogP contribution in [0.5, 0.6) is 0 Å². The minimum absolute atomic E-state index is 0.0268. The predicted molar refractivity (Wildman–Crippen MR) is 71.5 cm³/mol. The van der Waals surface area contributed by atoms with Crippen molar-refractivity contribution in [3.63, 3.8) is 0 Å². The highest BCUT2D eigenvalue weighted by Gasteiger charge is 2.49. The summed E-state index contributed by atoms with van der Waals surface area (Å²) in [6.07, 6.45) is 2.31. The molecule has 0 radical (unpaired) electrons. The quantitative estimate of drug-likeness (QED) is 0.737. The number of piperidine rings is 3. The first-order valence-corrected chi connectivity index (χ1v) is 7.27. The Balaban J connectivity index is 1.89. The first-order valence-electron chi connectivity index (χ1n) is 7.27. The lowest BCUT2D eigenvalue weighted by Crippen LogP contribution is -2.72. The van der Waals surface area contributed by atoms with E-state index in [0.29, 0.717) is 5.92 Å². The van der Waals surface area contributed by atoms with E-state index in [2.05, 4.69) is 10.2 Å². The SMILES string of the molecule is CC1C(=O)NC(C)(C)C(=O)N1C1CN2CCC1CC2. The molecule has 106 valence electrons. The van der Waals surface area contributed by atoms with Crippen LogP contribution in [-0.2, 0) is 9.59 Å². The predicted octanol–water partition coefficient (Wildman–Crippen LogP) is 0.206. The summed E-state index contributed by atoms with van der Waals surface area (Å²) < 4.78 is 0. The van der Waals surface area contributed by atoms with E-state index in [4.69, 9.17) is 0 Å². The van der Waals surface area contributed by atoms with E-state index in [1.165, 1.54) is 0 Å². The first kappa shape index (κ1) is 12.9. The van der Waals surface area contributed by atoms with E-state index in [9.17, 15) is 9.59 Å². The van der Waals surface area contributed by atoms with Gasteiger partial charge in [0, 0.05) is 12.6 Å². The topological polar surface area (TPSA) is 52.7 Å². The summed E-state index contributed by atoms with van der Waals surface area (Å²) in [5.41, 5.74) is -0.768. The highest BCUT2D eigenvalue weighted by Crippen LogP contribution is 2.34. The minimum atomic E-state index is -0.768. The van der Waals surface area contributed by atoms with Gasteiger partial charge in [0.15, 0.2) is 0 Å². The second-order valence-corrected chi connectivity index (χ2v) is 6.71. The Hall–Kier alpha value is -1.10. The normalized spacial score (nSPS) is 41.3. The van der Waals surface area contributed by atoms with Gasteiger partial charge in [-0.2, -0.15) is 0 Å². The molecule has 2 atom stereocenters. The van der Waals surface area contributed by atoms with Gasteiger partial charge in [0.25, 0.3) is 0 Å². The van der Waals surface area contributed by atoms with Crippen LogP contribution in [0.25, 0.3) is 0 Å². The molecule has 2 bridgehead atoms. The largest absolute Gasteiger partial charge is 0.340 e. The third-order valence-corrected chi connectivity index (χ3v) is 4.98. The van der Waals surface area contributed by atoms with Crippen LogP contribution in [0.3, 0.4) is 0 Å². The van der Waals surface area contributed by atoms with Crippen LogP contribution in [-0.4, -0.2) is 58.9 Å². The second kappa shape index (κ2) is 4.20. The number of nitrogens with one attached hydrogen (secondary N) is 1. The van der Waals surface area contributed by atoms with Crippen LogP contribution in [0.2, 0.25) is 0 Å². The Kier molecular flexibility index (Phi) is 2.85. The Morgan fingerprint density at radius 3 is 2.37 bits per heavy atom. The Morgan fingerprint density at radius 1 is 1.21 bits per heavy atom. The van der Waals surface area contributed by atoms with Gasteiger partial charge in [-0.1, -0.05) is 0 Å². The molecule has 4 rings (SSSR count). The molecule has 4 saturated heterocycles. The van der Waals surface area contributed by atoms with Crippen molar-refractivity contribution in [2.75, 3.05) is 19.6 Å². The van der Waals surface area contributed by atoms with Crippen LogP contribution in [0.1, 0.15) is 33.6 Å². The number of hydrogen-bond acceptors (Lipinski definition) is 3. The number of amides is 2. The number of carbonyl (C=O) groups is 2. The van der Waals surface area contributed by atoms with Gasteiger partial charge >= 0.3 is 0 Å². The molecule has 4 heterocycles. The summed E-state index contributed by atoms with van der Waals surface area (Å²) >= 11 is 0. The molecular formula is C14H23N3O2. The van der Waals surface area contributed by atoms with Crippen molar-refractivity contribution in [1.82, 2.24) is 15.1 Å². The number of fused-ring (bicyclic) bond motifs is 3. The summed E-state index contributed by atoms with van der Waals surface area (Å²) in [6.45, 7) is 8.67. The Labute approximate surface area is 114 Å². The first-order chi connectivity index (χ1) is 8.90. The monoisotopic (exact) mass is 265 g/mol. The smallest absolute Gasteiger partial charge is 0.248 e. The standard InChI is InChI=1S/C14H23N3O2/c1-9-12(18)15-14(2,3)13(19)17(9)11-8-16-6-4-10(11)5-7-16/h9-11H,4-8H2,1-3H3,(H,15,18). The lowest BCUT2D eigenvalue weighted by atomic mass is 9.81. The second-order valence-electron chi connectivity index (χ2n) is 6.71. The maximum Gasteiger partial charge on any atom is 0.248 e.